The van der Waals surface area contributed by atoms with Gasteiger partial charge in [0.15, 0.2) is 0 Å². The van der Waals surface area contributed by atoms with Gasteiger partial charge in [0.2, 0.25) is 12.1 Å². The van der Waals surface area contributed by atoms with E-state index in [1.807, 2.05) is 0 Å². The Morgan fingerprint density at radius 3 is 2.31 bits per heavy atom. The molecule has 172 valence electrons. The quantitative estimate of drug-likeness (QED) is 0.289. The molecule has 0 saturated carbocycles. The predicted molar refractivity (Wildman–Crippen MR) is 104 cm³/mol. The highest BCUT2D eigenvalue weighted by molar-refractivity contribution is 6.09. The molecule has 32 heavy (non-hydrogen) atoms. The molecule has 2 aliphatic rings. The molecule has 0 aliphatic carbocycles. The van der Waals surface area contributed by atoms with Crippen LogP contribution in [-0.2, 0) is 11.2 Å². The first-order valence-electron chi connectivity index (χ1n) is 9.71. The molecular formula is C21H22O11. The topological polar surface area (TPSA) is 186 Å². The zero-order valence-corrected chi connectivity index (χ0v) is 16.5. The molecule has 0 amide bonds. The Bertz CT molecular complexity index is 1010. The number of fused-ring (bicyclic) bond motifs is 1. The molecule has 2 aliphatic heterocycles. The summed E-state index contributed by atoms with van der Waals surface area (Å²) in [7, 11) is 0. The number of carbonyl (C=O) groups is 1. The molecule has 2 heterocycles. The number of aromatic hydroxyl groups is 2. The lowest BCUT2D eigenvalue weighted by molar-refractivity contribution is -0.277. The van der Waals surface area contributed by atoms with Gasteiger partial charge in [0.1, 0.15) is 53.0 Å². The summed E-state index contributed by atoms with van der Waals surface area (Å²) in [6.07, 6.45) is -8.21. The van der Waals surface area contributed by atoms with Gasteiger partial charge >= 0.3 is 0 Å². The highest BCUT2D eigenvalue weighted by atomic mass is 16.7. The van der Waals surface area contributed by atoms with Crippen molar-refractivity contribution in [3.05, 3.63) is 47.5 Å². The Labute approximate surface area is 181 Å². The lowest BCUT2D eigenvalue weighted by Crippen LogP contribution is -2.60. The van der Waals surface area contributed by atoms with E-state index in [-0.39, 0.29) is 35.0 Å². The number of Topliss-reactive ketones (excluding diaryl/α,β-unsaturated/α-hetero) is 1. The van der Waals surface area contributed by atoms with Crippen molar-refractivity contribution in [2.75, 3.05) is 6.61 Å². The fourth-order valence-electron chi connectivity index (χ4n) is 3.69. The molecule has 1 saturated heterocycles. The molecule has 3 unspecified atom stereocenters. The van der Waals surface area contributed by atoms with Gasteiger partial charge in [0.25, 0.3) is 5.79 Å². The summed E-state index contributed by atoms with van der Waals surface area (Å²) in [5, 5.41) is 69.7. The van der Waals surface area contributed by atoms with Crippen LogP contribution in [0.5, 0.6) is 23.0 Å². The molecule has 6 atom stereocenters. The van der Waals surface area contributed by atoms with Gasteiger partial charge in [-0.15, -0.1) is 0 Å². The third-order valence-corrected chi connectivity index (χ3v) is 5.38. The van der Waals surface area contributed by atoms with Gasteiger partial charge in [-0.25, -0.2) is 0 Å². The van der Waals surface area contributed by atoms with Crippen molar-refractivity contribution >= 4 is 5.78 Å². The lowest BCUT2D eigenvalue weighted by atomic mass is 9.97. The second-order valence-electron chi connectivity index (χ2n) is 7.69. The minimum atomic E-state index is -2.33. The molecule has 0 radical (unpaired) electrons. The van der Waals surface area contributed by atoms with Crippen LogP contribution in [0.1, 0.15) is 15.9 Å². The van der Waals surface area contributed by atoms with Gasteiger partial charge in [0.05, 0.1) is 6.61 Å². The van der Waals surface area contributed by atoms with E-state index in [1.165, 1.54) is 24.3 Å². The van der Waals surface area contributed by atoms with E-state index < -0.39 is 48.9 Å². The number of benzene rings is 2. The van der Waals surface area contributed by atoms with Gasteiger partial charge in [-0.2, -0.15) is 0 Å². The molecule has 0 aromatic heterocycles. The van der Waals surface area contributed by atoms with Crippen LogP contribution in [-0.4, -0.2) is 84.6 Å². The van der Waals surface area contributed by atoms with E-state index in [9.17, 15) is 40.5 Å². The SMILES string of the molecule is O=C1c2c(O[C@@H]3OC(CO)[C@@H](O)[C@H](O)C3O)cc(O)cc2OC1(O)Cc1ccc(O)cc1. The van der Waals surface area contributed by atoms with E-state index in [4.69, 9.17) is 14.2 Å². The Kier molecular flexibility index (Phi) is 5.71. The fourth-order valence-corrected chi connectivity index (χ4v) is 3.69. The maximum Gasteiger partial charge on any atom is 0.277 e. The normalized spacial score (nSPS) is 31.8. The number of phenols is 2. The number of hydrogen-bond acceptors (Lipinski definition) is 11. The number of ketones is 1. The average molecular weight is 450 g/mol. The molecule has 2 aromatic carbocycles. The molecule has 0 spiro atoms. The van der Waals surface area contributed by atoms with Crippen LogP contribution >= 0.6 is 0 Å². The Hall–Kier alpha value is -2.93. The second-order valence-corrected chi connectivity index (χ2v) is 7.69. The van der Waals surface area contributed by atoms with E-state index >= 15 is 0 Å². The second kappa shape index (κ2) is 8.20. The predicted octanol–water partition coefficient (Wildman–Crippen LogP) is -1.22. The third kappa shape index (κ3) is 3.86. The number of aliphatic hydroxyl groups is 5. The van der Waals surface area contributed by atoms with Gasteiger partial charge in [-0.3, -0.25) is 4.79 Å². The zero-order chi connectivity index (χ0) is 23.2. The summed E-state index contributed by atoms with van der Waals surface area (Å²) in [5.74, 6) is -4.10. The maximum atomic E-state index is 13.1. The Morgan fingerprint density at radius 2 is 1.66 bits per heavy atom. The third-order valence-electron chi connectivity index (χ3n) is 5.38. The lowest BCUT2D eigenvalue weighted by Gasteiger charge is -2.39. The van der Waals surface area contributed by atoms with Crippen LogP contribution in [0.25, 0.3) is 0 Å². The maximum absolute atomic E-state index is 13.1. The number of phenolic OH excluding ortho intramolecular Hbond substituents is 2. The molecular weight excluding hydrogens is 428 g/mol. The number of rotatable bonds is 5. The number of carbonyl (C=O) groups excluding carboxylic acids is 1. The van der Waals surface area contributed by atoms with Gasteiger partial charge in [0, 0.05) is 18.6 Å². The minimum Gasteiger partial charge on any atom is -0.508 e. The van der Waals surface area contributed by atoms with Crippen LogP contribution in [0.3, 0.4) is 0 Å². The molecule has 7 N–H and O–H groups in total. The van der Waals surface area contributed by atoms with Crippen molar-refractivity contribution in [1.29, 1.82) is 0 Å². The van der Waals surface area contributed by atoms with Crippen LogP contribution < -0.4 is 9.47 Å². The monoisotopic (exact) mass is 450 g/mol. The first-order chi connectivity index (χ1) is 15.1. The van der Waals surface area contributed by atoms with Crippen molar-refractivity contribution < 1.29 is 54.8 Å². The average Bonchev–Trinajstić information content (AvgIpc) is 2.99. The van der Waals surface area contributed by atoms with Crippen LogP contribution in [0.4, 0.5) is 0 Å². The number of aliphatic hydroxyl groups excluding tert-OH is 4. The molecule has 11 nitrogen and oxygen atoms in total. The summed E-state index contributed by atoms with van der Waals surface area (Å²) in [6.45, 7) is -0.683. The van der Waals surface area contributed by atoms with Gasteiger partial charge in [-0.1, -0.05) is 12.1 Å². The summed E-state index contributed by atoms with van der Waals surface area (Å²) >= 11 is 0. The minimum absolute atomic E-state index is 0.00262. The first kappa shape index (κ1) is 22.3. The van der Waals surface area contributed by atoms with Crippen molar-refractivity contribution in [3.63, 3.8) is 0 Å². The van der Waals surface area contributed by atoms with Crippen LogP contribution in [0, 0.1) is 0 Å². The Morgan fingerprint density at radius 1 is 0.969 bits per heavy atom. The van der Waals surface area contributed by atoms with Crippen molar-refractivity contribution in [1.82, 2.24) is 0 Å². The van der Waals surface area contributed by atoms with Crippen molar-refractivity contribution in [2.45, 2.75) is 42.9 Å². The first-order valence-corrected chi connectivity index (χ1v) is 9.71. The van der Waals surface area contributed by atoms with E-state index in [0.29, 0.717) is 5.56 Å². The van der Waals surface area contributed by atoms with Crippen molar-refractivity contribution in [3.8, 4) is 23.0 Å². The molecule has 11 heteroatoms. The van der Waals surface area contributed by atoms with Gasteiger partial charge < -0.3 is 50.0 Å². The highest BCUT2D eigenvalue weighted by Crippen LogP contribution is 2.44. The molecule has 0 bridgehead atoms. The standard InChI is InChI=1S/C21H22O11/c22-8-14-16(25)17(26)18(27)20(31-14)30-12-5-11(24)6-13-15(12)19(28)21(29,32-13)7-9-1-3-10(23)4-2-9/h1-6,14,16-18,20,22-27,29H,7-8H2/t14?,16-,17+,18?,20-,21?/m1/s1. The van der Waals surface area contributed by atoms with Crippen LogP contribution in [0.2, 0.25) is 0 Å². The highest BCUT2D eigenvalue weighted by Gasteiger charge is 2.50. The smallest absolute Gasteiger partial charge is 0.277 e. The Balaban J connectivity index is 1.63. The summed E-state index contributed by atoms with van der Waals surface area (Å²) < 4.78 is 16.2. The van der Waals surface area contributed by atoms with E-state index in [2.05, 4.69) is 0 Å². The summed E-state index contributed by atoms with van der Waals surface area (Å²) in [5.41, 5.74) is 0.244. The summed E-state index contributed by atoms with van der Waals surface area (Å²) in [6, 6.07) is 7.89. The van der Waals surface area contributed by atoms with E-state index in [1.54, 1.807) is 0 Å². The molecule has 1 fully saturated rings. The van der Waals surface area contributed by atoms with E-state index in [0.717, 1.165) is 12.1 Å². The van der Waals surface area contributed by atoms with Gasteiger partial charge in [-0.05, 0) is 17.7 Å². The number of ether oxygens (including phenoxy) is 3. The zero-order valence-electron chi connectivity index (χ0n) is 16.5. The fraction of sp³-hybridized carbons (Fsp3) is 0.381. The molecule has 4 rings (SSSR count). The molecule has 2 aromatic rings. The largest absolute Gasteiger partial charge is 0.508 e. The number of hydrogen-bond donors (Lipinski definition) is 7. The van der Waals surface area contributed by atoms with Crippen LogP contribution in [0.15, 0.2) is 36.4 Å². The van der Waals surface area contributed by atoms with Crippen molar-refractivity contribution in [2.24, 2.45) is 0 Å². The summed E-state index contributed by atoms with van der Waals surface area (Å²) in [4.78, 5) is 13.1.